The highest BCUT2D eigenvalue weighted by Crippen LogP contribution is 2.35. The second-order valence-electron chi connectivity index (χ2n) is 8.55. The maximum absolute atomic E-state index is 12.9. The molecule has 2 aromatic rings. The summed E-state index contributed by atoms with van der Waals surface area (Å²) in [6.07, 6.45) is 4.12. The standard InChI is InChI=1S/C23H32N3O2.HI/c1-7-22-25(6)19-11-9-17(24-5)13-20(19)26(22)14-23(27)28-21-12-16(4)8-10-18(21)15(2)3;/h9,11,13,15-16,18,21H,7-8,10,12,14H2,1-4,6H3;1H/q+1;/p-1/t16-,18+,21?;/m1./s1. The molecule has 29 heavy (non-hydrogen) atoms. The van der Waals surface area contributed by atoms with Crippen molar-refractivity contribution >= 4 is 22.7 Å². The molecule has 3 rings (SSSR count). The van der Waals surface area contributed by atoms with Crippen molar-refractivity contribution in [1.82, 2.24) is 4.57 Å². The number of hydrogen-bond acceptors (Lipinski definition) is 2. The molecule has 158 valence electrons. The summed E-state index contributed by atoms with van der Waals surface area (Å²) in [7, 11) is 2.01. The molecular formula is C23H32IN3O2. The van der Waals surface area contributed by atoms with Gasteiger partial charge in [0.15, 0.2) is 23.3 Å². The van der Waals surface area contributed by atoms with Crippen LogP contribution in [-0.2, 0) is 29.5 Å². The van der Waals surface area contributed by atoms with E-state index >= 15 is 0 Å². The SMILES string of the molecule is [C-]#[N+]c1ccc2c(c1)n(CC(=O)OC1C[C@H](C)CC[C@H]1C(C)C)c(CC)[n+]2C.[I-]. The van der Waals surface area contributed by atoms with E-state index in [-0.39, 0.29) is 42.6 Å². The Morgan fingerprint density at radius 2 is 2.10 bits per heavy atom. The fraction of sp³-hybridized carbons (Fsp3) is 0.609. The highest BCUT2D eigenvalue weighted by molar-refractivity contribution is 5.80. The van der Waals surface area contributed by atoms with Gasteiger partial charge in [-0.3, -0.25) is 0 Å². The molecule has 1 saturated carbocycles. The average Bonchev–Trinajstić information content (AvgIpc) is 2.92. The molecule has 0 radical (unpaired) electrons. The zero-order valence-corrected chi connectivity index (χ0v) is 20.3. The zero-order chi connectivity index (χ0) is 20.4. The number of nitrogens with zero attached hydrogens (tertiary/aromatic N) is 3. The van der Waals surface area contributed by atoms with Gasteiger partial charge in [-0.1, -0.05) is 40.2 Å². The van der Waals surface area contributed by atoms with Gasteiger partial charge in [0.05, 0.1) is 13.6 Å². The Kier molecular flexibility index (Phi) is 8.10. The molecule has 1 heterocycles. The number of aryl methyl sites for hydroxylation is 1. The van der Waals surface area contributed by atoms with Gasteiger partial charge in [-0.2, -0.15) is 0 Å². The van der Waals surface area contributed by atoms with Crippen LogP contribution in [-0.4, -0.2) is 16.6 Å². The Hall–Kier alpha value is -1.62. The summed E-state index contributed by atoms with van der Waals surface area (Å²) in [5, 5.41) is 0. The van der Waals surface area contributed by atoms with Crippen molar-refractivity contribution in [3.63, 3.8) is 0 Å². The van der Waals surface area contributed by atoms with Gasteiger partial charge in [0, 0.05) is 6.42 Å². The molecular weight excluding hydrogens is 477 g/mol. The van der Waals surface area contributed by atoms with Gasteiger partial charge >= 0.3 is 5.97 Å². The molecule has 1 aliphatic carbocycles. The van der Waals surface area contributed by atoms with Crippen LogP contribution in [0.4, 0.5) is 5.69 Å². The molecule has 0 bridgehead atoms. The Labute approximate surface area is 191 Å². The van der Waals surface area contributed by atoms with E-state index in [0.717, 1.165) is 36.1 Å². The third-order valence-electron chi connectivity index (χ3n) is 6.29. The predicted molar refractivity (Wildman–Crippen MR) is 110 cm³/mol. The average molecular weight is 509 g/mol. The van der Waals surface area contributed by atoms with Gasteiger partial charge < -0.3 is 28.7 Å². The van der Waals surface area contributed by atoms with E-state index in [0.29, 0.717) is 23.4 Å². The van der Waals surface area contributed by atoms with E-state index < -0.39 is 0 Å². The second-order valence-corrected chi connectivity index (χ2v) is 8.55. The van der Waals surface area contributed by atoms with E-state index in [2.05, 4.69) is 37.1 Å². The molecule has 0 spiro atoms. The van der Waals surface area contributed by atoms with E-state index in [1.54, 1.807) is 0 Å². The number of rotatable bonds is 5. The number of benzene rings is 1. The number of ether oxygens (including phenoxy) is 1. The monoisotopic (exact) mass is 509 g/mol. The number of carbonyl (C=O) groups is 1. The van der Waals surface area contributed by atoms with Crippen molar-refractivity contribution in [1.29, 1.82) is 0 Å². The fourth-order valence-corrected chi connectivity index (χ4v) is 4.73. The third kappa shape index (κ3) is 4.93. The summed E-state index contributed by atoms with van der Waals surface area (Å²) in [4.78, 5) is 16.5. The number of imidazole rings is 1. The van der Waals surface area contributed by atoms with Crippen molar-refractivity contribution in [3.05, 3.63) is 35.4 Å². The summed E-state index contributed by atoms with van der Waals surface area (Å²) in [6.45, 7) is 16.3. The molecule has 0 N–H and O–H groups in total. The molecule has 3 atom stereocenters. The lowest BCUT2D eigenvalue weighted by Gasteiger charge is -2.36. The minimum absolute atomic E-state index is 0. The van der Waals surface area contributed by atoms with Gasteiger partial charge in [-0.05, 0) is 42.7 Å². The zero-order valence-electron chi connectivity index (χ0n) is 18.1. The predicted octanol–water partition coefficient (Wildman–Crippen LogP) is 1.59. The van der Waals surface area contributed by atoms with Crippen molar-refractivity contribution < 1.29 is 38.1 Å². The Morgan fingerprint density at radius 3 is 2.72 bits per heavy atom. The van der Waals surface area contributed by atoms with Crippen LogP contribution in [0, 0.1) is 24.3 Å². The van der Waals surface area contributed by atoms with Crippen LogP contribution in [0.25, 0.3) is 15.9 Å². The summed E-state index contributed by atoms with van der Waals surface area (Å²) >= 11 is 0. The number of fused-ring (bicyclic) bond motifs is 1. The normalized spacial score (nSPS) is 21.6. The van der Waals surface area contributed by atoms with Crippen LogP contribution in [0.1, 0.15) is 52.8 Å². The Bertz CT molecular complexity index is 913. The summed E-state index contributed by atoms with van der Waals surface area (Å²) in [6, 6.07) is 5.66. The number of aromatic nitrogens is 2. The quantitative estimate of drug-likeness (QED) is 0.266. The van der Waals surface area contributed by atoms with Crippen LogP contribution in [0.3, 0.4) is 0 Å². The van der Waals surface area contributed by atoms with Crippen LogP contribution in [0.2, 0.25) is 0 Å². The van der Waals surface area contributed by atoms with E-state index in [1.165, 1.54) is 6.42 Å². The molecule has 6 heteroatoms. The van der Waals surface area contributed by atoms with Gasteiger partial charge in [0.2, 0.25) is 0 Å². The van der Waals surface area contributed by atoms with Crippen molar-refractivity contribution in [2.24, 2.45) is 24.8 Å². The molecule has 0 aliphatic heterocycles. The van der Waals surface area contributed by atoms with E-state index in [4.69, 9.17) is 11.3 Å². The number of hydrogen-bond donors (Lipinski definition) is 0. The van der Waals surface area contributed by atoms with Gasteiger partial charge in [0.1, 0.15) is 6.10 Å². The fourth-order valence-electron chi connectivity index (χ4n) is 4.73. The molecule has 1 unspecified atom stereocenters. The number of halogens is 1. The van der Waals surface area contributed by atoms with Crippen LogP contribution >= 0.6 is 0 Å². The van der Waals surface area contributed by atoms with Crippen LogP contribution < -0.4 is 28.5 Å². The lowest BCUT2D eigenvalue weighted by Crippen LogP contribution is -3.00. The van der Waals surface area contributed by atoms with Gasteiger partial charge in [0.25, 0.3) is 5.82 Å². The highest BCUT2D eigenvalue weighted by Gasteiger charge is 2.34. The maximum Gasteiger partial charge on any atom is 0.348 e. The lowest BCUT2D eigenvalue weighted by atomic mass is 9.75. The van der Waals surface area contributed by atoms with Crippen LogP contribution in [0.15, 0.2) is 18.2 Å². The topological polar surface area (TPSA) is 39.5 Å². The maximum atomic E-state index is 12.9. The Morgan fingerprint density at radius 1 is 1.38 bits per heavy atom. The first-order chi connectivity index (χ1) is 13.3. The molecule has 0 amide bonds. The first-order valence-corrected chi connectivity index (χ1v) is 10.4. The Balaban J connectivity index is 0.00000300. The third-order valence-corrected chi connectivity index (χ3v) is 6.29. The first kappa shape index (κ1) is 23.7. The number of esters is 1. The molecule has 0 saturated heterocycles. The van der Waals surface area contributed by atoms with Crippen molar-refractivity contribution in [2.45, 2.75) is 66.0 Å². The molecule has 1 fully saturated rings. The van der Waals surface area contributed by atoms with Gasteiger partial charge in [-0.25, -0.2) is 18.8 Å². The molecule has 1 aromatic carbocycles. The van der Waals surface area contributed by atoms with E-state index in [1.807, 2.05) is 29.8 Å². The lowest BCUT2D eigenvalue weighted by molar-refractivity contribution is -0.653. The molecule has 1 aromatic heterocycles. The van der Waals surface area contributed by atoms with E-state index in [9.17, 15) is 4.79 Å². The van der Waals surface area contributed by atoms with Gasteiger partial charge in [-0.15, -0.1) is 0 Å². The van der Waals surface area contributed by atoms with Crippen molar-refractivity contribution in [3.8, 4) is 0 Å². The first-order valence-electron chi connectivity index (χ1n) is 10.4. The molecule has 5 nitrogen and oxygen atoms in total. The summed E-state index contributed by atoms with van der Waals surface area (Å²) in [5.41, 5.74) is 2.54. The minimum Gasteiger partial charge on any atom is -1.00 e. The van der Waals surface area contributed by atoms with Crippen molar-refractivity contribution in [2.75, 3.05) is 0 Å². The minimum atomic E-state index is -0.176. The summed E-state index contributed by atoms with van der Waals surface area (Å²) < 4.78 is 10.1. The highest BCUT2D eigenvalue weighted by atomic mass is 127. The largest absolute Gasteiger partial charge is 1.00 e. The smallest absolute Gasteiger partial charge is 0.348 e. The number of carbonyl (C=O) groups excluding carboxylic acids is 1. The summed E-state index contributed by atoms with van der Waals surface area (Å²) in [5.74, 6) is 2.45. The van der Waals surface area contributed by atoms with Crippen LogP contribution in [0.5, 0.6) is 0 Å². The molecule has 1 aliphatic rings. The second kappa shape index (κ2) is 9.92.